The molecule has 0 saturated carbocycles. The first-order valence-corrected chi connectivity index (χ1v) is 9.97. The van der Waals surface area contributed by atoms with Crippen LogP contribution in [0, 0.1) is 12.7 Å². The minimum Gasteiger partial charge on any atom is -0.507 e. The fraction of sp³-hybridized carbons (Fsp3) is 0.130. The molecule has 29 heavy (non-hydrogen) atoms. The molecule has 1 aromatic heterocycles. The number of benzene rings is 2. The number of thiophene rings is 1. The Kier molecular flexibility index (Phi) is 5.03. The van der Waals surface area contributed by atoms with E-state index in [0.29, 0.717) is 0 Å². The molecule has 0 aliphatic carbocycles. The number of Topliss-reactive ketones (excluding diaryl/α,β-unsaturated/α-hetero) is 1. The summed E-state index contributed by atoms with van der Waals surface area (Å²) in [5.74, 6) is -2.15. The van der Waals surface area contributed by atoms with Gasteiger partial charge in [-0.25, -0.2) is 4.39 Å². The van der Waals surface area contributed by atoms with Crippen molar-refractivity contribution in [2.24, 2.45) is 0 Å². The zero-order valence-electron chi connectivity index (χ0n) is 15.6. The van der Waals surface area contributed by atoms with Crippen molar-refractivity contribution < 1.29 is 19.1 Å². The summed E-state index contributed by atoms with van der Waals surface area (Å²) in [6.07, 6.45) is 0. The Hall–Kier alpha value is -3.25. The number of carbonyl (C=O) groups excluding carboxylic acids is 2. The molecule has 0 spiro atoms. The van der Waals surface area contributed by atoms with Gasteiger partial charge in [0, 0.05) is 10.4 Å². The van der Waals surface area contributed by atoms with E-state index >= 15 is 0 Å². The second-order valence-electron chi connectivity index (χ2n) is 6.92. The van der Waals surface area contributed by atoms with Crippen molar-refractivity contribution in [1.82, 2.24) is 4.90 Å². The Morgan fingerprint density at radius 3 is 2.38 bits per heavy atom. The van der Waals surface area contributed by atoms with Gasteiger partial charge in [-0.1, -0.05) is 35.9 Å². The van der Waals surface area contributed by atoms with Crippen LogP contribution in [-0.2, 0) is 16.1 Å². The van der Waals surface area contributed by atoms with E-state index in [1.807, 2.05) is 48.7 Å². The number of amides is 1. The summed E-state index contributed by atoms with van der Waals surface area (Å²) in [4.78, 5) is 28.2. The molecule has 2 heterocycles. The molecule has 0 bridgehead atoms. The number of aryl methyl sites for hydroxylation is 1. The van der Waals surface area contributed by atoms with Gasteiger partial charge in [-0.3, -0.25) is 9.59 Å². The van der Waals surface area contributed by atoms with Crippen molar-refractivity contribution in [2.45, 2.75) is 19.5 Å². The third kappa shape index (κ3) is 3.59. The van der Waals surface area contributed by atoms with Crippen LogP contribution in [0.5, 0.6) is 0 Å². The molecular weight excluding hydrogens is 389 g/mol. The standard InChI is InChI=1S/C23H18FNO3S/c1-14-4-6-15(7-5-14)20-19(21(26)16-8-10-17(24)11-9-16)22(27)23(28)25(20)13-18-3-2-12-29-18/h2-12,20,26H,13H2,1H3/b21-19+. The maximum atomic E-state index is 13.3. The van der Waals surface area contributed by atoms with Gasteiger partial charge in [-0.15, -0.1) is 11.3 Å². The lowest BCUT2D eigenvalue weighted by atomic mass is 9.94. The number of ketones is 1. The molecule has 1 atom stereocenters. The van der Waals surface area contributed by atoms with Crippen LogP contribution in [0.2, 0.25) is 0 Å². The maximum absolute atomic E-state index is 13.3. The number of aliphatic hydroxyl groups excluding tert-OH is 1. The van der Waals surface area contributed by atoms with Gasteiger partial charge < -0.3 is 10.0 Å². The third-order valence-electron chi connectivity index (χ3n) is 4.96. The molecule has 1 aliphatic heterocycles. The summed E-state index contributed by atoms with van der Waals surface area (Å²) in [5.41, 5.74) is 2.08. The lowest BCUT2D eigenvalue weighted by Crippen LogP contribution is -2.28. The van der Waals surface area contributed by atoms with Crippen molar-refractivity contribution in [1.29, 1.82) is 0 Å². The minimum absolute atomic E-state index is 0.0158. The maximum Gasteiger partial charge on any atom is 0.295 e. The number of carbonyl (C=O) groups is 2. The average molecular weight is 407 g/mol. The van der Waals surface area contributed by atoms with Crippen LogP contribution >= 0.6 is 11.3 Å². The minimum atomic E-state index is -0.742. The Morgan fingerprint density at radius 1 is 1.07 bits per heavy atom. The zero-order chi connectivity index (χ0) is 20.5. The number of hydrogen-bond donors (Lipinski definition) is 1. The van der Waals surface area contributed by atoms with E-state index in [-0.39, 0.29) is 23.4 Å². The molecule has 1 fully saturated rings. The number of halogens is 1. The number of aliphatic hydroxyl groups is 1. The summed E-state index contributed by atoms with van der Waals surface area (Å²) in [6, 6.07) is 15.8. The van der Waals surface area contributed by atoms with Crippen molar-refractivity contribution in [3.05, 3.63) is 99.0 Å². The average Bonchev–Trinajstić information content (AvgIpc) is 3.31. The number of rotatable bonds is 4. The quantitative estimate of drug-likeness (QED) is 0.383. The van der Waals surface area contributed by atoms with Gasteiger partial charge in [0.2, 0.25) is 0 Å². The Bertz CT molecular complexity index is 1090. The highest BCUT2D eigenvalue weighted by molar-refractivity contribution is 7.09. The highest BCUT2D eigenvalue weighted by Crippen LogP contribution is 2.40. The van der Waals surface area contributed by atoms with Gasteiger partial charge in [0.1, 0.15) is 11.6 Å². The molecule has 1 amide bonds. The van der Waals surface area contributed by atoms with Crippen molar-refractivity contribution in [3.8, 4) is 0 Å². The third-order valence-corrected chi connectivity index (χ3v) is 5.82. The molecule has 1 aliphatic rings. The van der Waals surface area contributed by atoms with Crippen LogP contribution < -0.4 is 0 Å². The number of likely N-dealkylation sites (tertiary alicyclic amines) is 1. The van der Waals surface area contributed by atoms with Crippen LogP contribution in [0.15, 0.2) is 71.6 Å². The van der Waals surface area contributed by atoms with Gasteiger partial charge in [0.05, 0.1) is 18.2 Å². The number of hydrogen-bond acceptors (Lipinski definition) is 4. The first-order chi connectivity index (χ1) is 14.0. The molecule has 3 aromatic rings. The summed E-state index contributed by atoms with van der Waals surface area (Å²) in [6.45, 7) is 2.21. The molecule has 6 heteroatoms. The monoisotopic (exact) mass is 407 g/mol. The van der Waals surface area contributed by atoms with Crippen LogP contribution in [0.25, 0.3) is 5.76 Å². The van der Waals surface area contributed by atoms with E-state index in [1.165, 1.54) is 40.5 Å². The summed E-state index contributed by atoms with van der Waals surface area (Å²) in [7, 11) is 0. The van der Waals surface area contributed by atoms with E-state index in [2.05, 4.69) is 0 Å². The molecule has 4 rings (SSSR count). The lowest BCUT2D eigenvalue weighted by molar-refractivity contribution is -0.140. The molecule has 146 valence electrons. The first kappa shape index (κ1) is 19.1. The topological polar surface area (TPSA) is 57.6 Å². The highest BCUT2D eigenvalue weighted by atomic mass is 32.1. The largest absolute Gasteiger partial charge is 0.507 e. The second kappa shape index (κ2) is 7.64. The molecule has 0 radical (unpaired) electrons. The van der Waals surface area contributed by atoms with E-state index in [9.17, 15) is 19.1 Å². The van der Waals surface area contributed by atoms with Crippen molar-refractivity contribution >= 4 is 28.8 Å². The van der Waals surface area contributed by atoms with Crippen molar-refractivity contribution in [2.75, 3.05) is 0 Å². The fourth-order valence-corrected chi connectivity index (χ4v) is 4.17. The molecule has 1 unspecified atom stereocenters. The molecule has 2 aromatic carbocycles. The smallest absolute Gasteiger partial charge is 0.295 e. The SMILES string of the molecule is Cc1ccc(C2/C(=C(\O)c3ccc(F)cc3)C(=O)C(=O)N2Cc2cccs2)cc1. The van der Waals surface area contributed by atoms with Gasteiger partial charge >= 0.3 is 0 Å². The van der Waals surface area contributed by atoms with Crippen LogP contribution in [-0.4, -0.2) is 21.7 Å². The summed E-state index contributed by atoms with van der Waals surface area (Å²) >= 11 is 1.49. The molecule has 4 nitrogen and oxygen atoms in total. The Labute approximate surface area is 171 Å². The highest BCUT2D eigenvalue weighted by Gasteiger charge is 2.46. The van der Waals surface area contributed by atoms with Gasteiger partial charge in [-0.2, -0.15) is 0 Å². The van der Waals surface area contributed by atoms with Crippen LogP contribution in [0.1, 0.15) is 27.6 Å². The lowest BCUT2D eigenvalue weighted by Gasteiger charge is -2.25. The first-order valence-electron chi connectivity index (χ1n) is 9.09. The van der Waals surface area contributed by atoms with Crippen LogP contribution in [0.3, 0.4) is 0 Å². The molecule has 1 saturated heterocycles. The zero-order valence-corrected chi connectivity index (χ0v) is 16.4. The second-order valence-corrected chi connectivity index (χ2v) is 7.96. The fourth-order valence-electron chi connectivity index (χ4n) is 3.47. The predicted molar refractivity (Wildman–Crippen MR) is 110 cm³/mol. The predicted octanol–water partition coefficient (Wildman–Crippen LogP) is 4.82. The van der Waals surface area contributed by atoms with Gasteiger partial charge in [0.15, 0.2) is 0 Å². The summed E-state index contributed by atoms with van der Waals surface area (Å²) in [5, 5.41) is 12.8. The summed E-state index contributed by atoms with van der Waals surface area (Å²) < 4.78 is 13.3. The number of nitrogens with zero attached hydrogens (tertiary/aromatic N) is 1. The van der Waals surface area contributed by atoms with E-state index in [1.54, 1.807) is 0 Å². The van der Waals surface area contributed by atoms with E-state index in [0.717, 1.165) is 16.0 Å². The molecule has 1 N–H and O–H groups in total. The van der Waals surface area contributed by atoms with Crippen molar-refractivity contribution in [3.63, 3.8) is 0 Å². The van der Waals surface area contributed by atoms with E-state index in [4.69, 9.17) is 0 Å². The van der Waals surface area contributed by atoms with Gasteiger partial charge in [0.25, 0.3) is 11.7 Å². The normalized spacial score (nSPS) is 18.4. The van der Waals surface area contributed by atoms with Crippen LogP contribution in [0.4, 0.5) is 4.39 Å². The van der Waals surface area contributed by atoms with E-state index < -0.39 is 23.5 Å². The Morgan fingerprint density at radius 2 is 1.76 bits per heavy atom. The Balaban J connectivity index is 1.86. The molecular formula is C23H18FNO3S. The van der Waals surface area contributed by atoms with Gasteiger partial charge in [-0.05, 0) is 48.2 Å².